The highest BCUT2D eigenvalue weighted by Gasteiger charge is 2.58. The Morgan fingerprint density at radius 3 is 2.67 bits per heavy atom. The third kappa shape index (κ3) is 2.09. The summed E-state index contributed by atoms with van der Waals surface area (Å²) in [5, 5.41) is 9.62. The minimum atomic E-state index is -1.17. The van der Waals surface area contributed by atoms with Crippen molar-refractivity contribution in [2.24, 2.45) is 23.7 Å². The van der Waals surface area contributed by atoms with Crippen LogP contribution >= 0.6 is 12.6 Å². The number of fused-ring (bicyclic) bond motifs is 1. The van der Waals surface area contributed by atoms with Gasteiger partial charge in [-0.3, -0.25) is 14.4 Å². The summed E-state index contributed by atoms with van der Waals surface area (Å²) in [6, 6.07) is 0. The smallest absolute Gasteiger partial charge is 0.180 e. The van der Waals surface area contributed by atoms with Gasteiger partial charge in [0.1, 0.15) is 11.7 Å². The average Bonchev–Trinajstić information content (AvgIpc) is 3.23. The largest absolute Gasteiger partial charge is 0.511 e. The van der Waals surface area contributed by atoms with Crippen molar-refractivity contribution in [3.8, 4) is 0 Å². The molecular formula is C16H18O4S. The first-order chi connectivity index (χ1) is 9.84. The van der Waals surface area contributed by atoms with E-state index in [2.05, 4.69) is 12.6 Å². The molecule has 5 atom stereocenters. The molecule has 3 aliphatic carbocycles. The first-order valence-electron chi connectivity index (χ1n) is 7.24. The third-order valence-electron chi connectivity index (χ3n) is 5.04. The Labute approximate surface area is 128 Å². The fraction of sp³-hybridized carbons (Fsp3) is 0.562. The van der Waals surface area contributed by atoms with Gasteiger partial charge in [-0.1, -0.05) is 13.0 Å². The Hall–Kier alpha value is -1.36. The fourth-order valence-corrected chi connectivity index (χ4v) is 3.80. The summed E-state index contributed by atoms with van der Waals surface area (Å²) in [6.45, 7) is 3.43. The number of carbonyl (C=O) groups excluding carboxylic acids is 3. The van der Waals surface area contributed by atoms with Crippen LogP contribution in [0.4, 0.5) is 0 Å². The van der Waals surface area contributed by atoms with Crippen molar-refractivity contribution < 1.29 is 19.5 Å². The maximum Gasteiger partial charge on any atom is 0.180 e. The van der Waals surface area contributed by atoms with E-state index in [9.17, 15) is 19.5 Å². The van der Waals surface area contributed by atoms with Crippen molar-refractivity contribution >= 4 is 30.0 Å². The lowest BCUT2D eigenvalue weighted by molar-refractivity contribution is -0.143. The summed E-state index contributed by atoms with van der Waals surface area (Å²) in [7, 11) is 0. The summed E-state index contributed by atoms with van der Waals surface area (Å²) >= 11 is 4.22. The number of hydrogen-bond donors (Lipinski definition) is 2. The van der Waals surface area contributed by atoms with Crippen molar-refractivity contribution in [3.63, 3.8) is 0 Å². The Morgan fingerprint density at radius 2 is 2.00 bits per heavy atom. The maximum atomic E-state index is 12.7. The molecule has 0 radical (unpaired) electrons. The number of ketones is 3. The van der Waals surface area contributed by atoms with Crippen molar-refractivity contribution in [2.45, 2.75) is 31.9 Å². The molecule has 0 aliphatic heterocycles. The van der Waals surface area contributed by atoms with Gasteiger partial charge in [-0.15, -0.1) is 0 Å². The summed E-state index contributed by atoms with van der Waals surface area (Å²) in [6.07, 6.45) is 2.83. The Bertz CT molecular complexity index is 616. The van der Waals surface area contributed by atoms with Crippen LogP contribution in [-0.4, -0.2) is 27.7 Å². The lowest BCUT2D eigenvalue weighted by Gasteiger charge is -2.26. The predicted octanol–water partition coefficient (Wildman–Crippen LogP) is 2.06. The van der Waals surface area contributed by atoms with Gasteiger partial charge in [0.15, 0.2) is 17.3 Å². The molecule has 3 rings (SSSR count). The van der Waals surface area contributed by atoms with Crippen LogP contribution in [0.5, 0.6) is 0 Å². The normalized spacial score (nSPS) is 39.0. The molecule has 0 amide bonds. The van der Waals surface area contributed by atoms with Crippen LogP contribution in [0.2, 0.25) is 0 Å². The molecule has 4 nitrogen and oxygen atoms in total. The van der Waals surface area contributed by atoms with E-state index in [1.807, 2.05) is 0 Å². The molecule has 0 saturated heterocycles. The van der Waals surface area contributed by atoms with E-state index in [0.29, 0.717) is 17.6 Å². The second-order valence-electron chi connectivity index (χ2n) is 6.28. The number of rotatable bonds is 2. The van der Waals surface area contributed by atoms with E-state index in [-0.39, 0.29) is 40.3 Å². The number of hydrogen-bond acceptors (Lipinski definition) is 5. The molecular weight excluding hydrogens is 288 g/mol. The quantitative estimate of drug-likeness (QED) is 0.605. The summed E-state index contributed by atoms with van der Waals surface area (Å²) in [5.74, 6) is -2.26. The molecule has 0 aromatic carbocycles. The Balaban J connectivity index is 1.92. The van der Waals surface area contributed by atoms with Gasteiger partial charge >= 0.3 is 0 Å². The Kier molecular flexibility index (Phi) is 3.35. The topological polar surface area (TPSA) is 71.4 Å². The van der Waals surface area contributed by atoms with E-state index in [1.165, 1.54) is 0 Å². The average molecular weight is 306 g/mol. The molecule has 0 aromatic rings. The van der Waals surface area contributed by atoms with Gasteiger partial charge in [0.05, 0.1) is 5.25 Å². The number of thiol groups is 1. The van der Waals surface area contributed by atoms with Crippen molar-refractivity contribution in [1.82, 2.24) is 0 Å². The second kappa shape index (κ2) is 4.83. The first kappa shape index (κ1) is 14.6. The third-order valence-corrected chi connectivity index (χ3v) is 5.50. The summed E-state index contributed by atoms with van der Waals surface area (Å²) in [4.78, 5) is 37.3. The molecule has 0 bridgehead atoms. The molecule has 2 fully saturated rings. The number of carbonyl (C=O) groups is 3. The molecule has 2 saturated carbocycles. The van der Waals surface area contributed by atoms with Gasteiger partial charge in [-0.05, 0) is 31.3 Å². The standard InChI is InChI=1S/C16H18O4S/c1-6-8(3-4-11(21)13(6)17)15(19)12-14(18)7(2)9-5-10(9)16(12)20/h3,7,9-12,17,21H,4-5H2,1-2H3. The van der Waals surface area contributed by atoms with Crippen LogP contribution in [0.15, 0.2) is 23.0 Å². The molecule has 0 aromatic heterocycles. The molecule has 0 spiro atoms. The fourth-order valence-electron chi connectivity index (χ4n) is 3.50. The van der Waals surface area contributed by atoms with E-state index >= 15 is 0 Å². The van der Waals surface area contributed by atoms with Crippen LogP contribution < -0.4 is 0 Å². The highest BCUT2D eigenvalue weighted by atomic mass is 32.1. The van der Waals surface area contributed by atoms with Gasteiger partial charge in [-0.25, -0.2) is 0 Å². The van der Waals surface area contributed by atoms with Crippen LogP contribution in [0.25, 0.3) is 0 Å². The van der Waals surface area contributed by atoms with Gasteiger partial charge < -0.3 is 5.11 Å². The van der Waals surface area contributed by atoms with Gasteiger partial charge in [0, 0.05) is 17.4 Å². The number of aliphatic hydroxyl groups excluding tert-OH is 1. The van der Waals surface area contributed by atoms with Crippen LogP contribution in [0.3, 0.4) is 0 Å². The van der Waals surface area contributed by atoms with E-state index in [1.54, 1.807) is 19.9 Å². The lowest BCUT2D eigenvalue weighted by atomic mass is 9.75. The van der Waals surface area contributed by atoms with Gasteiger partial charge in [0.2, 0.25) is 0 Å². The van der Waals surface area contributed by atoms with Crippen LogP contribution in [0.1, 0.15) is 26.7 Å². The minimum Gasteiger partial charge on any atom is -0.511 e. The monoisotopic (exact) mass is 306 g/mol. The van der Waals surface area contributed by atoms with Crippen molar-refractivity contribution in [1.29, 1.82) is 0 Å². The van der Waals surface area contributed by atoms with Crippen LogP contribution in [-0.2, 0) is 14.4 Å². The molecule has 0 heterocycles. The van der Waals surface area contributed by atoms with E-state index in [4.69, 9.17) is 0 Å². The molecule has 5 heteroatoms. The predicted molar refractivity (Wildman–Crippen MR) is 80.1 cm³/mol. The summed E-state index contributed by atoms with van der Waals surface area (Å²) in [5.41, 5.74) is 0.730. The molecule has 1 N–H and O–H groups in total. The summed E-state index contributed by atoms with van der Waals surface area (Å²) < 4.78 is 0. The van der Waals surface area contributed by atoms with E-state index < -0.39 is 11.7 Å². The number of Topliss-reactive ketones (excluding diaryl/α,β-unsaturated/α-hetero) is 3. The highest BCUT2D eigenvalue weighted by molar-refractivity contribution is 7.81. The van der Waals surface area contributed by atoms with Crippen LogP contribution in [0, 0.1) is 23.7 Å². The van der Waals surface area contributed by atoms with Crippen molar-refractivity contribution in [3.05, 3.63) is 23.0 Å². The van der Waals surface area contributed by atoms with Gasteiger partial charge in [-0.2, -0.15) is 12.6 Å². The first-order valence-corrected chi connectivity index (χ1v) is 7.76. The lowest BCUT2D eigenvalue weighted by Crippen LogP contribution is -2.42. The van der Waals surface area contributed by atoms with Gasteiger partial charge in [0.25, 0.3) is 0 Å². The highest BCUT2D eigenvalue weighted by Crippen LogP contribution is 2.51. The zero-order chi connectivity index (χ0) is 15.5. The minimum absolute atomic E-state index is 0.0530. The van der Waals surface area contributed by atoms with Crippen molar-refractivity contribution in [2.75, 3.05) is 0 Å². The second-order valence-corrected chi connectivity index (χ2v) is 6.90. The zero-order valence-corrected chi connectivity index (χ0v) is 12.9. The maximum absolute atomic E-state index is 12.7. The van der Waals surface area contributed by atoms with E-state index in [0.717, 1.165) is 6.42 Å². The Morgan fingerprint density at radius 1 is 1.33 bits per heavy atom. The molecule has 3 aliphatic rings. The molecule has 112 valence electrons. The number of aliphatic hydroxyl groups is 1. The molecule has 21 heavy (non-hydrogen) atoms. The number of allylic oxidation sites excluding steroid dienone is 3. The molecule has 5 unspecified atom stereocenters. The SMILES string of the molecule is CC1=C(O)C(S)CC=C1C(=O)C1C(=O)C(C)C2CC2C1=O. The zero-order valence-electron chi connectivity index (χ0n) is 12.0.